The van der Waals surface area contributed by atoms with Crippen LogP contribution in [0.25, 0.3) is 0 Å². The first-order valence-corrected chi connectivity index (χ1v) is 9.87. The fraction of sp³-hybridized carbons (Fsp3) is 0.619. The summed E-state index contributed by atoms with van der Waals surface area (Å²) in [5.41, 5.74) is 1.40. The predicted octanol–water partition coefficient (Wildman–Crippen LogP) is 2.78. The van der Waals surface area contributed by atoms with Crippen LogP contribution < -0.4 is 5.32 Å². The summed E-state index contributed by atoms with van der Waals surface area (Å²) in [6.07, 6.45) is 5.58. The van der Waals surface area contributed by atoms with Crippen molar-refractivity contribution < 1.29 is 4.79 Å². The third kappa shape index (κ3) is 6.36. The van der Waals surface area contributed by atoms with Crippen molar-refractivity contribution in [1.29, 1.82) is 0 Å². The van der Waals surface area contributed by atoms with Crippen molar-refractivity contribution >= 4 is 11.9 Å². The lowest BCUT2D eigenvalue weighted by atomic mass is 9.90. The highest BCUT2D eigenvalue weighted by Crippen LogP contribution is 2.21. The zero-order valence-corrected chi connectivity index (χ0v) is 16.6. The van der Waals surface area contributed by atoms with Crippen molar-refractivity contribution in [2.45, 2.75) is 39.0 Å². The molecule has 1 N–H and O–H groups in total. The van der Waals surface area contributed by atoms with Crippen LogP contribution in [-0.2, 0) is 11.2 Å². The van der Waals surface area contributed by atoms with Gasteiger partial charge in [-0.1, -0.05) is 43.7 Å². The third-order valence-electron chi connectivity index (χ3n) is 5.15. The number of piperidine rings is 1. The molecule has 0 bridgehead atoms. The second-order valence-electron chi connectivity index (χ2n) is 7.19. The van der Waals surface area contributed by atoms with Crippen molar-refractivity contribution in [3.8, 4) is 0 Å². The molecule has 1 aliphatic rings. The van der Waals surface area contributed by atoms with Gasteiger partial charge >= 0.3 is 0 Å². The number of hydrogen-bond donors (Lipinski definition) is 1. The highest BCUT2D eigenvalue weighted by molar-refractivity contribution is 5.86. The van der Waals surface area contributed by atoms with Gasteiger partial charge in [-0.3, -0.25) is 9.79 Å². The van der Waals surface area contributed by atoms with Gasteiger partial charge in [-0.15, -0.1) is 0 Å². The molecule has 1 heterocycles. The summed E-state index contributed by atoms with van der Waals surface area (Å²) < 4.78 is 0. The van der Waals surface area contributed by atoms with Crippen molar-refractivity contribution in [3.05, 3.63) is 35.9 Å². The molecule has 1 fully saturated rings. The molecule has 0 unspecified atom stereocenters. The topological polar surface area (TPSA) is 47.9 Å². The number of aliphatic imine (C=N–C) groups is 1. The van der Waals surface area contributed by atoms with E-state index in [1.54, 1.807) is 7.05 Å². The normalized spacial score (nSPS) is 15.8. The molecule has 0 spiro atoms. The van der Waals surface area contributed by atoms with E-state index in [1.165, 1.54) is 5.56 Å². The lowest BCUT2D eigenvalue weighted by Crippen LogP contribution is -2.47. The number of amides is 1. The number of benzene rings is 1. The Morgan fingerprint density at radius 1 is 1.27 bits per heavy atom. The smallest absolute Gasteiger partial charge is 0.241 e. The van der Waals surface area contributed by atoms with Gasteiger partial charge in [0.2, 0.25) is 5.91 Å². The van der Waals surface area contributed by atoms with Gasteiger partial charge < -0.3 is 15.1 Å². The summed E-state index contributed by atoms with van der Waals surface area (Å²) in [4.78, 5) is 20.9. The highest BCUT2D eigenvalue weighted by Gasteiger charge is 2.23. The summed E-state index contributed by atoms with van der Waals surface area (Å²) in [5.74, 6) is 1.65. The predicted molar refractivity (Wildman–Crippen MR) is 108 cm³/mol. The lowest BCUT2D eigenvalue weighted by molar-refractivity contribution is -0.131. The van der Waals surface area contributed by atoms with Gasteiger partial charge in [-0.25, -0.2) is 0 Å². The minimum atomic E-state index is 0.174. The van der Waals surface area contributed by atoms with Gasteiger partial charge in [-0.05, 0) is 37.2 Å². The molecule has 1 aromatic rings. The average Bonchev–Trinajstić information content (AvgIpc) is 2.68. The van der Waals surface area contributed by atoms with E-state index < -0.39 is 0 Å². The number of nitrogens with one attached hydrogen (secondary N) is 1. The van der Waals surface area contributed by atoms with Crippen LogP contribution in [0.5, 0.6) is 0 Å². The number of carbonyl (C=O) groups is 1. The SMILES string of the molecule is CCCCN(C)C(=NC)NCC(=O)N1CCC(Cc2ccccc2)CC1. The summed E-state index contributed by atoms with van der Waals surface area (Å²) in [7, 11) is 3.79. The monoisotopic (exact) mass is 358 g/mol. The summed E-state index contributed by atoms with van der Waals surface area (Å²) in [6, 6.07) is 10.7. The fourth-order valence-corrected chi connectivity index (χ4v) is 3.49. The molecule has 0 atom stereocenters. The second kappa shape index (κ2) is 10.8. The van der Waals surface area contributed by atoms with Crippen LogP contribution in [0.2, 0.25) is 0 Å². The zero-order chi connectivity index (χ0) is 18.8. The van der Waals surface area contributed by atoms with Crippen molar-refractivity contribution in [3.63, 3.8) is 0 Å². The van der Waals surface area contributed by atoms with Crippen LogP contribution in [0.15, 0.2) is 35.3 Å². The van der Waals surface area contributed by atoms with Crippen LogP contribution >= 0.6 is 0 Å². The molecule has 144 valence electrons. The van der Waals surface area contributed by atoms with E-state index in [0.717, 1.165) is 57.7 Å². The van der Waals surface area contributed by atoms with Gasteiger partial charge in [-0.2, -0.15) is 0 Å². The average molecular weight is 359 g/mol. The summed E-state index contributed by atoms with van der Waals surface area (Å²) in [6.45, 7) is 5.18. The van der Waals surface area contributed by atoms with E-state index in [0.29, 0.717) is 12.5 Å². The van der Waals surface area contributed by atoms with Gasteiger partial charge in [0.25, 0.3) is 0 Å². The van der Waals surface area contributed by atoms with Crippen molar-refractivity contribution in [2.24, 2.45) is 10.9 Å². The van der Waals surface area contributed by atoms with Crippen LogP contribution in [0.1, 0.15) is 38.2 Å². The minimum Gasteiger partial charge on any atom is -0.347 e. The first kappa shape index (κ1) is 20.3. The fourth-order valence-electron chi connectivity index (χ4n) is 3.49. The zero-order valence-electron chi connectivity index (χ0n) is 16.6. The molecular weight excluding hydrogens is 324 g/mol. The Morgan fingerprint density at radius 2 is 1.96 bits per heavy atom. The van der Waals surface area contributed by atoms with E-state index in [2.05, 4.69) is 52.5 Å². The van der Waals surface area contributed by atoms with E-state index in [1.807, 2.05) is 11.9 Å². The molecule has 1 saturated heterocycles. The lowest BCUT2D eigenvalue weighted by Gasteiger charge is -2.32. The largest absolute Gasteiger partial charge is 0.347 e. The Kier molecular flexibility index (Phi) is 8.45. The minimum absolute atomic E-state index is 0.174. The molecule has 0 aromatic heterocycles. The summed E-state index contributed by atoms with van der Waals surface area (Å²) >= 11 is 0. The molecule has 5 nitrogen and oxygen atoms in total. The quantitative estimate of drug-likeness (QED) is 0.602. The maximum absolute atomic E-state index is 12.5. The molecule has 1 aliphatic heterocycles. The van der Waals surface area contributed by atoms with Crippen LogP contribution in [0.3, 0.4) is 0 Å². The molecule has 5 heteroatoms. The number of carbonyl (C=O) groups excluding carboxylic acids is 1. The van der Waals surface area contributed by atoms with Crippen molar-refractivity contribution in [1.82, 2.24) is 15.1 Å². The molecule has 26 heavy (non-hydrogen) atoms. The number of unbranched alkanes of at least 4 members (excludes halogenated alkanes) is 1. The number of rotatable bonds is 7. The second-order valence-corrected chi connectivity index (χ2v) is 7.19. The Labute approximate surface area is 158 Å². The Balaban J connectivity index is 1.72. The number of likely N-dealkylation sites (tertiary alicyclic amines) is 1. The Bertz CT molecular complexity index is 565. The Morgan fingerprint density at radius 3 is 2.58 bits per heavy atom. The maximum Gasteiger partial charge on any atom is 0.241 e. The maximum atomic E-state index is 12.5. The molecule has 0 aliphatic carbocycles. The molecule has 0 radical (unpaired) electrons. The number of guanidine groups is 1. The molecular formula is C21H34N4O. The molecule has 1 aromatic carbocycles. The molecule has 0 saturated carbocycles. The van der Waals surface area contributed by atoms with Crippen LogP contribution in [0, 0.1) is 5.92 Å². The first-order valence-electron chi connectivity index (χ1n) is 9.87. The van der Waals surface area contributed by atoms with E-state index in [4.69, 9.17) is 0 Å². The molecule has 2 rings (SSSR count). The first-order chi connectivity index (χ1) is 12.6. The number of nitrogens with zero attached hydrogens (tertiary/aromatic N) is 3. The van der Waals surface area contributed by atoms with Gasteiger partial charge in [0.15, 0.2) is 5.96 Å². The van der Waals surface area contributed by atoms with Gasteiger partial charge in [0.05, 0.1) is 6.54 Å². The van der Waals surface area contributed by atoms with E-state index in [9.17, 15) is 4.79 Å². The summed E-state index contributed by atoms with van der Waals surface area (Å²) in [5, 5.41) is 3.21. The molecule has 1 amide bonds. The van der Waals surface area contributed by atoms with Gasteiger partial charge in [0, 0.05) is 33.7 Å². The van der Waals surface area contributed by atoms with Gasteiger partial charge in [0.1, 0.15) is 0 Å². The van der Waals surface area contributed by atoms with Crippen LogP contribution in [-0.4, -0.2) is 61.9 Å². The van der Waals surface area contributed by atoms with Crippen LogP contribution in [0.4, 0.5) is 0 Å². The van der Waals surface area contributed by atoms with E-state index >= 15 is 0 Å². The third-order valence-corrected chi connectivity index (χ3v) is 5.15. The highest BCUT2D eigenvalue weighted by atomic mass is 16.2. The number of hydrogen-bond acceptors (Lipinski definition) is 2. The standard InChI is InChI=1S/C21H34N4O/c1-4-5-13-24(3)21(22-2)23-17-20(26)25-14-11-19(12-15-25)16-18-9-7-6-8-10-18/h6-10,19H,4-5,11-17H2,1-3H3,(H,22,23). The Hall–Kier alpha value is -2.04. The van der Waals surface area contributed by atoms with Crippen molar-refractivity contribution in [2.75, 3.05) is 40.3 Å². The van der Waals surface area contributed by atoms with E-state index in [-0.39, 0.29) is 5.91 Å².